The molecule has 0 radical (unpaired) electrons. The molecule has 0 spiro atoms. The van der Waals surface area contributed by atoms with Gasteiger partial charge in [0.05, 0.1) is 9.80 Å². The number of sulfonamides is 1. The maximum absolute atomic E-state index is 12.3. The molecule has 23 heavy (non-hydrogen) atoms. The number of aryl methyl sites for hydroxylation is 1. The van der Waals surface area contributed by atoms with Crippen LogP contribution in [-0.2, 0) is 10.0 Å². The minimum Gasteiger partial charge on any atom is -0.393 e. The van der Waals surface area contributed by atoms with E-state index in [4.69, 9.17) is 5.73 Å². The van der Waals surface area contributed by atoms with E-state index in [-0.39, 0.29) is 15.0 Å². The van der Waals surface area contributed by atoms with E-state index >= 15 is 0 Å². The molecule has 2 rings (SSSR count). The van der Waals surface area contributed by atoms with Crippen LogP contribution in [-0.4, -0.2) is 19.2 Å². The van der Waals surface area contributed by atoms with Crippen molar-refractivity contribution in [3.05, 3.63) is 48.6 Å². The van der Waals surface area contributed by atoms with E-state index in [9.17, 15) is 23.3 Å². The molecule has 0 saturated heterocycles. The first-order valence-corrected chi connectivity index (χ1v) is 9.08. The molecule has 0 aliphatic carbocycles. The van der Waals surface area contributed by atoms with Gasteiger partial charge in [-0.1, -0.05) is 0 Å². The number of carbonyl (C=O) groups excluding carboxylic acids is 1. The van der Waals surface area contributed by atoms with Gasteiger partial charge in [-0.2, -0.15) is 0 Å². The highest BCUT2D eigenvalue weighted by Gasteiger charge is 2.26. The van der Waals surface area contributed by atoms with Gasteiger partial charge in [0, 0.05) is 15.4 Å². The average Bonchev–Trinajstić information content (AvgIpc) is 2.84. The summed E-state index contributed by atoms with van der Waals surface area (Å²) < 4.78 is 26.5. The van der Waals surface area contributed by atoms with E-state index < -0.39 is 31.4 Å². The Labute approximate surface area is 143 Å². The molecule has 1 aromatic heterocycles. The van der Waals surface area contributed by atoms with Crippen LogP contribution in [0.3, 0.4) is 0 Å². The van der Waals surface area contributed by atoms with Gasteiger partial charge in [-0.05, 0) is 41.1 Å². The first kappa shape index (κ1) is 17.4. The standard InChI is InChI=1S/C12H10BrN3O5S2/c1-6-2-3-10(22-6)12(17)15-23(20,21)11-5-9(16(18)19)8(14)4-7(11)13/h2-5H,14H2,1H3,(H,15,17). The third kappa shape index (κ3) is 3.68. The van der Waals surface area contributed by atoms with Crippen molar-refractivity contribution in [2.24, 2.45) is 0 Å². The highest BCUT2D eigenvalue weighted by molar-refractivity contribution is 9.10. The van der Waals surface area contributed by atoms with Crippen LogP contribution >= 0.6 is 27.3 Å². The van der Waals surface area contributed by atoms with E-state index in [0.717, 1.165) is 28.3 Å². The molecule has 0 aliphatic rings. The summed E-state index contributed by atoms with van der Waals surface area (Å²) in [6, 6.07) is 5.07. The van der Waals surface area contributed by atoms with Gasteiger partial charge in [0.1, 0.15) is 10.6 Å². The summed E-state index contributed by atoms with van der Waals surface area (Å²) in [6.07, 6.45) is 0. The van der Waals surface area contributed by atoms with Crippen molar-refractivity contribution in [1.29, 1.82) is 0 Å². The van der Waals surface area contributed by atoms with Crippen molar-refractivity contribution >= 4 is 54.6 Å². The third-order valence-corrected chi connectivity index (χ3v) is 6.05. The number of thiophene rings is 1. The maximum Gasteiger partial charge on any atom is 0.293 e. The Bertz CT molecular complexity index is 907. The highest BCUT2D eigenvalue weighted by Crippen LogP contribution is 2.32. The van der Waals surface area contributed by atoms with Crippen molar-refractivity contribution in [3.63, 3.8) is 0 Å². The molecule has 1 amide bonds. The number of anilines is 1. The summed E-state index contributed by atoms with van der Waals surface area (Å²) in [6.45, 7) is 1.77. The summed E-state index contributed by atoms with van der Waals surface area (Å²) in [7, 11) is -4.30. The zero-order valence-electron chi connectivity index (χ0n) is 11.6. The van der Waals surface area contributed by atoms with E-state index in [2.05, 4.69) is 15.9 Å². The molecule has 1 heterocycles. The Hall–Kier alpha value is -1.98. The van der Waals surface area contributed by atoms with Crippen molar-refractivity contribution in [2.75, 3.05) is 5.73 Å². The summed E-state index contributed by atoms with van der Waals surface area (Å²) in [5.41, 5.74) is 4.72. The molecule has 0 unspecified atom stereocenters. The topological polar surface area (TPSA) is 132 Å². The Morgan fingerprint density at radius 2 is 2.04 bits per heavy atom. The van der Waals surface area contributed by atoms with Crippen molar-refractivity contribution in [1.82, 2.24) is 4.72 Å². The van der Waals surface area contributed by atoms with Crippen LogP contribution < -0.4 is 10.5 Å². The molecular weight excluding hydrogens is 410 g/mol. The van der Waals surface area contributed by atoms with E-state index in [1.165, 1.54) is 6.07 Å². The smallest absolute Gasteiger partial charge is 0.293 e. The fourth-order valence-corrected chi connectivity index (χ4v) is 4.58. The molecule has 0 aliphatic heterocycles. The van der Waals surface area contributed by atoms with Gasteiger partial charge in [-0.3, -0.25) is 14.9 Å². The van der Waals surface area contributed by atoms with Gasteiger partial charge < -0.3 is 5.73 Å². The molecule has 8 nitrogen and oxygen atoms in total. The number of nitro groups is 1. The Morgan fingerprint density at radius 1 is 1.39 bits per heavy atom. The van der Waals surface area contributed by atoms with Crippen LogP contribution in [0.2, 0.25) is 0 Å². The number of nitrogens with two attached hydrogens (primary N) is 1. The zero-order valence-corrected chi connectivity index (χ0v) is 14.8. The molecule has 0 bridgehead atoms. The Morgan fingerprint density at radius 3 is 2.57 bits per heavy atom. The van der Waals surface area contributed by atoms with Crippen molar-refractivity contribution in [3.8, 4) is 0 Å². The van der Waals surface area contributed by atoms with Crippen LogP contribution in [0.15, 0.2) is 33.6 Å². The fraction of sp³-hybridized carbons (Fsp3) is 0.0833. The largest absolute Gasteiger partial charge is 0.393 e. The summed E-state index contributed by atoms with van der Waals surface area (Å²) in [5, 5.41) is 10.9. The second-order valence-corrected chi connectivity index (χ2v) is 8.24. The predicted molar refractivity (Wildman–Crippen MR) is 88.9 cm³/mol. The van der Waals surface area contributed by atoms with Gasteiger partial charge in [-0.15, -0.1) is 11.3 Å². The number of carbonyl (C=O) groups is 1. The van der Waals surface area contributed by atoms with E-state index in [0.29, 0.717) is 0 Å². The van der Waals surface area contributed by atoms with Crippen LogP contribution in [0.1, 0.15) is 14.5 Å². The number of benzene rings is 1. The molecular formula is C12H10BrN3O5S2. The van der Waals surface area contributed by atoms with E-state index in [1.807, 2.05) is 4.72 Å². The quantitative estimate of drug-likeness (QED) is 0.444. The zero-order chi connectivity index (χ0) is 17.4. The summed E-state index contributed by atoms with van der Waals surface area (Å²) >= 11 is 4.12. The number of hydrogen-bond donors (Lipinski definition) is 2. The lowest BCUT2D eigenvalue weighted by molar-refractivity contribution is -0.384. The second-order valence-electron chi connectivity index (χ2n) is 4.44. The molecule has 2 aromatic rings. The van der Waals surface area contributed by atoms with Gasteiger partial charge in [0.25, 0.3) is 21.6 Å². The lowest BCUT2D eigenvalue weighted by Crippen LogP contribution is -2.30. The van der Waals surface area contributed by atoms with Gasteiger partial charge >= 0.3 is 0 Å². The average molecular weight is 420 g/mol. The number of hydrogen-bond acceptors (Lipinski definition) is 7. The molecule has 122 valence electrons. The number of nitrogen functional groups attached to an aromatic ring is 1. The second kappa shape index (κ2) is 6.26. The van der Waals surface area contributed by atoms with Crippen molar-refractivity contribution in [2.45, 2.75) is 11.8 Å². The SMILES string of the molecule is Cc1ccc(C(=O)NS(=O)(=O)c2cc([N+](=O)[O-])c(N)cc2Br)s1. The number of nitrogens with zero attached hydrogens (tertiary/aromatic N) is 1. The molecule has 1 aromatic carbocycles. The van der Waals surface area contributed by atoms with Crippen LogP contribution in [0.4, 0.5) is 11.4 Å². The van der Waals surface area contributed by atoms with Gasteiger partial charge in [0.2, 0.25) is 0 Å². The number of nitrogens with one attached hydrogen (secondary N) is 1. The molecule has 11 heteroatoms. The fourth-order valence-electron chi connectivity index (χ4n) is 1.71. The number of halogens is 1. The lowest BCUT2D eigenvalue weighted by Gasteiger charge is -2.09. The molecule has 3 N–H and O–H groups in total. The van der Waals surface area contributed by atoms with Gasteiger partial charge in [0.15, 0.2) is 0 Å². The van der Waals surface area contributed by atoms with Crippen molar-refractivity contribution < 1.29 is 18.1 Å². The maximum atomic E-state index is 12.3. The van der Waals surface area contributed by atoms with E-state index in [1.54, 1.807) is 13.0 Å². The Balaban J connectivity index is 2.42. The van der Waals surface area contributed by atoms with Gasteiger partial charge in [-0.25, -0.2) is 13.1 Å². The minimum absolute atomic E-state index is 0.0169. The minimum atomic E-state index is -4.30. The molecule has 0 saturated carbocycles. The monoisotopic (exact) mass is 419 g/mol. The molecule has 0 fully saturated rings. The third-order valence-electron chi connectivity index (χ3n) is 2.76. The first-order chi connectivity index (χ1) is 10.6. The highest BCUT2D eigenvalue weighted by atomic mass is 79.9. The predicted octanol–water partition coefficient (Wildman–Crippen LogP) is 2.43. The lowest BCUT2D eigenvalue weighted by atomic mass is 10.3. The normalized spacial score (nSPS) is 11.2. The van der Waals surface area contributed by atoms with Crippen LogP contribution in [0.5, 0.6) is 0 Å². The molecule has 0 atom stereocenters. The van der Waals surface area contributed by atoms with Crippen LogP contribution in [0, 0.1) is 17.0 Å². The summed E-state index contributed by atoms with van der Waals surface area (Å²) in [4.78, 5) is 22.7. The van der Waals surface area contributed by atoms with Crippen LogP contribution in [0.25, 0.3) is 0 Å². The Kier molecular flexibility index (Phi) is 4.73. The number of amides is 1. The number of nitro benzene ring substituents is 1. The summed E-state index contributed by atoms with van der Waals surface area (Å²) in [5.74, 6) is -0.811. The number of rotatable bonds is 4. The first-order valence-electron chi connectivity index (χ1n) is 5.99.